The van der Waals surface area contributed by atoms with Crippen LogP contribution < -0.4 is 11.3 Å². The van der Waals surface area contributed by atoms with Crippen molar-refractivity contribution < 1.29 is 0 Å². The summed E-state index contributed by atoms with van der Waals surface area (Å²) >= 11 is 0. The number of hydrogen-bond acceptors (Lipinski definition) is 2. The normalized spacial score (nSPS) is 12.3. The third kappa shape index (κ3) is 3.91. The number of nitrogens with one attached hydrogen (secondary N) is 1. The summed E-state index contributed by atoms with van der Waals surface area (Å²) < 4.78 is 0. The standard InChI is InChI=1S/C17H22N2/c1-14-8-5-6-12-16(14)17(19-18)13-7-11-15-9-3-2-4-10-15/h2-6,8-10,12,17,19H,7,11,13,18H2,1H3. The van der Waals surface area contributed by atoms with E-state index >= 15 is 0 Å². The molecule has 2 aromatic rings. The Morgan fingerprint density at radius 3 is 2.37 bits per heavy atom. The van der Waals surface area contributed by atoms with Crippen LogP contribution in [0.2, 0.25) is 0 Å². The van der Waals surface area contributed by atoms with Gasteiger partial charge in [0, 0.05) is 6.04 Å². The summed E-state index contributed by atoms with van der Waals surface area (Å²) in [4.78, 5) is 0. The molecule has 0 aromatic heterocycles. The maximum Gasteiger partial charge on any atom is 0.0462 e. The van der Waals surface area contributed by atoms with Crippen LogP contribution in [0.25, 0.3) is 0 Å². The Morgan fingerprint density at radius 1 is 1.00 bits per heavy atom. The van der Waals surface area contributed by atoms with E-state index in [0.717, 1.165) is 19.3 Å². The molecule has 0 fully saturated rings. The molecule has 0 spiro atoms. The molecule has 100 valence electrons. The zero-order valence-corrected chi connectivity index (χ0v) is 11.5. The van der Waals surface area contributed by atoms with Crippen molar-refractivity contribution >= 4 is 0 Å². The lowest BCUT2D eigenvalue weighted by Gasteiger charge is -2.18. The average molecular weight is 254 g/mol. The Hall–Kier alpha value is -1.64. The van der Waals surface area contributed by atoms with Crippen molar-refractivity contribution in [1.82, 2.24) is 5.43 Å². The van der Waals surface area contributed by atoms with Crippen molar-refractivity contribution in [3.05, 3.63) is 71.3 Å². The van der Waals surface area contributed by atoms with Crippen LogP contribution in [0.1, 0.15) is 35.6 Å². The Balaban J connectivity index is 1.92. The van der Waals surface area contributed by atoms with Crippen LogP contribution in [-0.4, -0.2) is 0 Å². The first kappa shape index (κ1) is 13.8. The molecule has 19 heavy (non-hydrogen) atoms. The summed E-state index contributed by atoms with van der Waals surface area (Å²) in [5, 5.41) is 0. The first-order valence-electron chi connectivity index (χ1n) is 6.87. The molecule has 2 rings (SSSR count). The highest BCUT2D eigenvalue weighted by atomic mass is 15.2. The largest absolute Gasteiger partial charge is 0.271 e. The average Bonchev–Trinajstić information content (AvgIpc) is 2.46. The maximum absolute atomic E-state index is 5.70. The lowest BCUT2D eigenvalue weighted by Crippen LogP contribution is -2.28. The first-order chi connectivity index (χ1) is 9.31. The third-order valence-electron chi connectivity index (χ3n) is 3.57. The molecule has 2 aromatic carbocycles. The molecule has 1 unspecified atom stereocenters. The van der Waals surface area contributed by atoms with Gasteiger partial charge in [-0.25, -0.2) is 0 Å². The van der Waals surface area contributed by atoms with Crippen LogP contribution >= 0.6 is 0 Å². The summed E-state index contributed by atoms with van der Waals surface area (Å²) in [5.41, 5.74) is 6.94. The summed E-state index contributed by atoms with van der Waals surface area (Å²) in [7, 11) is 0. The zero-order chi connectivity index (χ0) is 13.5. The number of aryl methyl sites for hydroxylation is 2. The van der Waals surface area contributed by atoms with Crippen LogP contribution in [0.15, 0.2) is 54.6 Å². The predicted octanol–water partition coefficient (Wildman–Crippen LogP) is 3.52. The molecular formula is C17H22N2. The van der Waals surface area contributed by atoms with Gasteiger partial charge in [-0.2, -0.15) is 0 Å². The number of hydrogen-bond donors (Lipinski definition) is 2. The lowest BCUT2D eigenvalue weighted by molar-refractivity contribution is 0.496. The van der Waals surface area contributed by atoms with Crippen LogP contribution in [-0.2, 0) is 6.42 Å². The van der Waals surface area contributed by atoms with Crippen molar-refractivity contribution in [2.24, 2.45) is 5.84 Å². The number of benzene rings is 2. The van der Waals surface area contributed by atoms with E-state index in [9.17, 15) is 0 Å². The molecule has 2 nitrogen and oxygen atoms in total. The Labute approximate surface area is 115 Å². The molecule has 0 saturated carbocycles. The molecule has 0 amide bonds. The van der Waals surface area contributed by atoms with E-state index in [-0.39, 0.29) is 6.04 Å². The van der Waals surface area contributed by atoms with Crippen molar-refractivity contribution in [3.8, 4) is 0 Å². The molecule has 3 N–H and O–H groups in total. The molecule has 2 heteroatoms. The predicted molar refractivity (Wildman–Crippen MR) is 80.6 cm³/mol. The quantitative estimate of drug-likeness (QED) is 0.611. The van der Waals surface area contributed by atoms with Crippen LogP contribution in [0, 0.1) is 6.92 Å². The zero-order valence-electron chi connectivity index (χ0n) is 11.5. The molecule has 0 aliphatic heterocycles. The highest BCUT2D eigenvalue weighted by Crippen LogP contribution is 2.22. The molecule has 0 aliphatic carbocycles. The second-order valence-corrected chi connectivity index (χ2v) is 4.95. The van der Waals surface area contributed by atoms with Gasteiger partial charge in [-0.15, -0.1) is 0 Å². The third-order valence-corrected chi connectivity index (χ3v) is 3.57. The topological polar surface area (TPSA) is 38.0 Å². The minimum absolute atomic E-state index is 0.241. The molecule has 0 saturated heterocycles. The molecule has 0 aliphatic rings. The Morgan fingerprint density at radius 2 is 1.68 bits per heavy atom. The number of nitrogens with two attached hydrogens (primary N) is 1. The highest BCUT2D eigenvalue weighted by Gasteiger charge is 2.11. The maximum atomic E-state index is 5.70. The number of hydrazine groups is 1. The van der Waals surface area contributed by atoms with Gasteiger partial charge in [-0.3, -0.25) is 11.3 Å². The highest BCUT2D eigenvalue weighted by molar-refractivity contribution is 5.28. The van der Waals surface area contributed by atoms with Gasteiger partial charge in [0.2, 0.25) is 0 Å². The van der Waals surface area contributed by atoms with E-state index in [1.165, 1.54) is 16.7 Å². The second-order valence-electron chi connectivity index (χ2n) is 4.95. The van der Waals surface area contributed by atoms with Gasteiger partial charge >= 0.3 is 0 Å². The molecule has 0 bridgehead atoms. The van der Waals surface area contributed by atoms with E-state index in [0.29, 0.717) is 0 Å². The van der Waals surface area contributed by atoms with Gasteiger partial charge in [0.15, 0.2) is 0 Å². The van der Waals surface area contributed by atoms with E-state index in [4.69, 9.17) is 5.84 Å². The summed E-state index contributed by atoms with van der Waals surface area (Å²) in [6.45, 7) is 2.14. The van der Waals surface area contributed by atoms with Crippen molar-refractivity contribution in [3.63, 3.8) is 0 Å². The summed E-state index contributed by atoms with van der Waals surface area (Å²) in [6, 6.07) is 19.3. The van der Waals surface area contributed by atoms with Crippen LogP contribution in [0.5, 0.6) is 0 Å². The van der Waals surface area contributed by atoms with Crippen LogP contribution in [0.3, 0.4) is 0 Å². The van der Waals surface area contributed by atoms with Crippen molar-refractivity contribution in [2.45, 2.75) is 32.2 Å². The second kappa shape index (κ2) is 7.07. The van der Waals surface area contributed by atoms with Crippen molar-refractivity contribution in [2.75, 3.05) is 0 Å². The lowest BCUT2D eigenvalue weighted by atomic mass is 9.96. The van der Waals surface area contributed by atoms with Gasteiger partial charge in [-0.05, 0) is 42.9 Å². The SMILES string of the molecule is Cc1ccccc1C(CCCc1ccccc1)NN. The van der Waals surface area contributed by atoms with E-state index < -0.39 is 0 Å². The smallest absolute Gasteiger partial charge is 0.0462 e. The van der Waals surface area contributed by atoms with Crippen LogP contribution in [0.4, 0.5) is 0 Å². The van der Waals surface area contributed by atoms with Gasteiger partial charge < -0.3 is 0 Å². The van der Waals surface area contributed by atoms with Gasteiger partial charge in [0.25, 0.3) is 0 Å². The van der Waals surface area contributed by atoms with E-state index in [1.54, 1.807) is 0 Å². The minimum Gasteiger partial charge on any atom is -0.271 e. The Bertz CT molecular complexity index is 494. The van der Waals surface area contributed by atoms with Gasteiger partial charge in [-0.1, -0.05) is 54.6 Å². The first-order valence-corrected chi connectivity index (χ1v) is 6.87. The Kier molecular flexibility index (Phi) is 5.13. The van der Waals surface area contributed by atoms with Gasteiger partial charge in [0.1, 0.15) is 0 Å². The summed E-state index contributed by atoms with van der Waals surface area (Å²) in [5.74, 6) is 5.70. The fourth-order valence-electron chi connectivity index (χ4n) is 2.46. The molecule has 1 atom stereocenters. The molecule has 0 radical (unpaired) electrons. The monoisotopic (exact) mass is 254 g/mol. The van der Waals surface area contributed by atoms with Gasteiger partial charge in [0.05, 0.1) is 0 Å². The summed E-state index contributed by atoms with van der Waals surface area (Å²) in [6.07, 6.45) is 3.29. The molecule has 0 heterocycles. The molecular weight excluding hydrogens is 232 g/mol. The fraction of sp³-hybridized carbons (Fsp3) is 0.294. The van der Waals surface area contributed by atoms with E-state index in [1.807, 2.05) is 0 Å². The fourth-order valence-corrected chi connectivity index (χ4v) is 2.46. The van der Waals surface area contributed by atoms with E-state index in [2.05, 4.69) is 66.9 Å². The van der Waals surface area contributed by atoms with Crippen molar-refractivity contribution in [1.29, 1.82) is 0 Å². The number of rotatable bonds is 6. The minimum atomic E-state index is 0.241.